The Morgan fingerprint density at radius 1 is 0.826 bits per heavy atom. The van der Waals surface area contributed by atoms with Gasteiger partial charge >= 0.3 is 0 Å². The van der Waals surface area contributed by atoms with Gasteiger partial charge in [0, 0.05) is 24.2 Å². The molecule has 2 unspecified atom stereocenters. The van der Waals surface area contributed by atoms with Gasteiger partial charge in [-0.3, -0.25) is 20.4 Å². The van der Waals surface area contributed by atoms with E-state index in [1.54, 1.807) is 0 Å². The highest BCUT2D eigenvalue weighted by atomic mass is 16.4. The first-order valence-corrected chi connectivity index (χ1v) is 8.87. The van der Waals surface area contributed by atoms with Gasteiger partial charge < -0.3 is 9.90 Å². The second-order valence-electron chi connectivity index (χ2n) is 6.90. The van der Waals surface area contributed by atoms with E-state index in [9.17, 15) is 19.5 Å². The monoisotopic (exact) mass is 323 g/mol. The molecule has 23 heavy (non-hydrogen) atoms. The SMILES string of the molecule is O=C(CCC1CCCCC1)NNC(=O)C1CCCCC1C(=O)[O-]. The topological polar surface area (TPSA) is 98.3 Å². The minimum absolute atomic E-state index is 0.204. The third-order valence-electron chi connectivity index (χ3n) is 5.23. The molecule has 6 nitrogen and oxygen atoms in total. The average Bonchev–Trinajstić information content (AvgIpc) is 2.58. The molecule has 2 fully saturated rings. The molecule has 0 aromatic heterocycles. The van der Waals surface area contributed by atoms with Crippen LogP contribution in [-0.2, 0) is 14.4 Å². The van der Waals surface area contributed by atoms with Gasteiger partial charge in [-0.1, -0.05) is 44.9 Å². The van der Waals surface area contributed by atoms with Crippen LogP contribution in [0.2, 0.25) is 0 Å². The predicted octanol–water partition coefficient (Wildman–Crippen LogP) is 1.05. The van der Waals surface area contributed by atoms with Crippen molar-refractivity contribution in [1.82, 2.24) is 10.9 Å². The van der Waals surface area contributed by atoms with Gasteiger partial charge in [0.2, 0.25) is 11.8 Å². The summed E-state index contributed by atoms with van der Waals surface area (Å²) in [5, 5.41) is 11.1. The summed E-state index contributed by atoms with van der Waals surface area (Å²) in [5.74, 6) is -2.52. The zero-order valence-corrected chi connectivity index (χ0v) is 13.6. The maximum atomic E-state index is 12.1. The van der Waals surface area contributed by atoms with E-state index in [1.807, 2.05) is 0 Å². The normalized spacial score (nSPS) is 25.6. The van der Waals surface area contributed by atoms with Crippen LogP contribution in [0.15, 0.2) is 0 Å². The summed E-state index contributed by atoms with van der Waals surface area (Å²) in [7, 11) is 0. The number of nitrogens with one attached hydrogen (secondary N) is 2. The third-order valence-corrected chi connectivity index (χ3v) is 5.23. The second kappa shape index (κ2) is 8.89. The Hall–Kier alpha value is -1.59. The number of hydrogen-bond donors (Lipinski definition) is 2. The Morgan fingerprint density at radius 3 is 2.09 bits per heavy atom. The molecule has 0 saturated heterocycles. The molecule has 0 heterocycles. The first kappa shape index (κ1) is 17.8. The number of carbonyl (C=O) groups is 3. The highest BCUT2D eigenvalue weighted by Gasteiger charge is 2.31. The lowest BCUT2D eigenvalue weighted by Crippen LogP contribution is -2.49. The zero-order valence-electron chi connectivity index (χ0n) is 13.6. The van der Waals surface area contributed by atoms with Crippen LogP contribution in [0.25, 0.3) is 0 Å². The lowest BCUT2D eigenvalue weighted by Gasteiger charge is -2.31. The van der Waals surface area contributed by atoms with E-state index in [-0.39, 0.29) is 5.91 Å². The summed E-state index contributed by atoms with van der Waals surface area (Å²) in [6.45, 7) is 0. The number of rotatable bonds is 5. The van der Waals surface area contributed by atoms with Crippen LogP contribution in [0, 0.1) is 17.8 Å². The maximum Gasteiger partial charge on any atom is 0.242 e. The summed E-state index contributed by atoms with van der Waals surface area (Å²) in [4.78, 5) is 35.0. The van der Waals surface area contributed by atoms with Crippen LogP contribution in [0.4, 0.5) is 0 Å². The van der Waals surface area contributed by atoms with Crippen molar-refractivity contribution in [2.45, 2.75) is 70.6 Å². The fourth-order valence-corrected chi connectivity index (χ4v) is 3.82. The number of carboxylic acid groups (broad SMARTS) is 1. The smallest absolute Gasteiger partial charge is 0.242 e. The molecule has 2 rings (SSSR count). The largest absolute Gasteiger partial charge is 0.550 e. The number of carbonyl (C=O) groups excluding carboxylic acids is 3. The summed E-state index contributed by atoms with van der Waals surface area (Å²) >= 11 is 0. The molecule has 0 aromatic carbocycles. The summed E-state index contributed by atoms with van der Waals surface area (Å²) in [6, 6.07) is 0. The van der Waals surface area contributed by atoms with Crippen LogP contribution in [0.3, 0.4) is 0 Å². The van der Waals surface area contributed by atoms with Crippen molar-refractivity contribution >= 4 is 17.8 Å². The van der Waals surface area contributed by atoms with Crippen LogP contribution in [0.5, 0.6) is 0 Å². The van der Waals surface area contributed by atoms with E-state index in [1.165, 1.54) is 32.1 Å². The van der Waals surface area contributed by atoms with Crippen LogP contribution < -0.4 is 16.0 Å². The van der Waals surface area contributed by atoms with Crippen molar-refractivity contribution in [3.63, 3.8) is 0 Å². The molecule has 2 atom stereocenters. The molecule has 2 aliphatic carbocycles. The lowest BCUT2D eigenvalue weighted by molar-refractivity contribution is -0.314. The summed E-state index contributed by atoms with van der Waals surface area (Å²) in [5.41, 5.74) is 4.82. The standard InChI is InChI=1S/C17H28N2O4/c20-15(11-10-12-6-2-1-3-7-12)18-19-16(21)13-8-4-5-9-14(13)17(22)23/h12-14H,1-11H2,(H,18,20)(H,19,21)(H,22,23)/p-1. The minimum Gasteiger partial charge on any atom is -0.550 e. The van der Waals surface area contributed by atoms with Crippen molar-refractivity contribution in [1.29, 1.82) is 0 Å². The molecule has 0 spiro atoms. The average molecular weight is 323 g/mol. The highest BCUT2D eigenvalue weighted by molar-refractivity contribution is 5.86. The van der Waals surface area contributed by atoms with Gasteiger partial charge in [0.25, 0.3) is 0 Å². The van der Waals surface area contributed by atoms with E-state index in [0.717, 1.165) is 19.3 Å². The Morgan fingerprint density at radius 2 is 1.43 bits per heavy atom. The van der Waals surface area contributed by atoms with Crippen molar-refractivity contribution in [2.24, 2.45) is 17.8 Å². The maximum absolute atomic E-state index is 12.1. The quantitative estimate of drug-likeness (QED) is 0.739. The molecule has 6 heteroatoms. The van der Waals surface area contributed by atoms with Gasteiger partial charge in [0.1, 0.15) is 0 Å². The molecule has 0 aliphatic heterocycles. The summed E-state index contributed by atoms with van der Waals surface area (Å²) in [6.07, 6.45) is 10.0. The van der Waals surface area contributed by atoms with Crippen LogP contribution in [-0.4, -0.2) is 17.8 Å². The van der Waals surface area contributed by atoms with Crippen molar-refractivity contribution in [3.8, 4) is 0 Å². The van der Waals surface area contributed by atoms with Gasteiger partial charge in [-0.05, 0) is 25.2 Å². The van der Waals surface area contributed by atoms with Crippen molar-refractivity contribution in [2.75, 3.05) is 0 Å². The van der Waals surface area contributed by atoms with E-state index in [2.05, 4.69) is 10.9 Å². The third kappa shape index (κ3) is 5.52. The van der Waals surface area contributed by atoms with Gasteiger partial charge in [-0.25, -0.2) is 0 Å². The van der Waals surface area contributed by atoms with Gasteiger partial charge in [0.15, 0.2) is 0 Å². The number of aliphatic carboxylic acids is 1. The van der Waals surface area contributed by atoms with Crippen molar-refractivity contribution < 1.29 is 19.5 Å². The molecule has 130 valence electrons. The van der Waals surface area contributed by atoms with Crippen molar-refractivity contribution in [3.05, 3.63) is 0 Å². The number of amides is 2. The number of carboxylic acids is 1. The second-order valence-corrected chi connectivity index (χ2v) is 6.90. The highest BCUT2D eigenvalue weighted by Crippen LogP contribution is 2.30. The van der Waals surface area contributed by atoms with E-state index >= 15 is 0 Å². The van der Waals surface area contributed by atoms with E-state index in [0.29, 0.717) is 25.2 Å². The van der Waals surface area contributed by atoms with Gasteiger partial charge in [-0.15, -0.1) is 0 Å². The molecule has 2 amide bonds. The molecular formula is C17H27N2O4-. The Kier molecular flexibility index (Phi) is 6.86. The molecule has 0 bridgehead atoms. The Balaban J connectivity index is 1.70. The van der Waals surface area contributed by atoms with E-state index < -0.39 is 23.7 Å². The van der Waals surface area contributed by atoms with E-state index in [4.69, 9.17) is 0 Å². The molecule has 0 aromatic rings. The molecule has 0 radical (unpaired) electrons. The summed E-state index contributed by atoms with van der Waals surface area (Å²) < 4.78 is 0. The number of hydrazine groups is 1. The number of hydrogen-bond acceptors (Lipinski definition) is 4. The molecular weight excluding hydrogens is 296 g/mol. The minimum atomic E-state index is -1.17. The fraction of sp³-hybridized carbons (Fsp3) is 0.824. The Bertz CT molecular complexity index is 432. The lowest BCUT2D eigenvalue weighted by atomic mass is 9.79. The Labute approximate surface area is 137 Å². The van der Waals surface area contributed by atoms with Gasteiger partial charge in [-0.2, -0.15) is 0 Å². The van der Waals surface area contributed by atoms with Gasteiger partial charge in [0.05, 0.1) is 0 Å². The first-order valence-electron chi connectivity index (χ1n) is 8.87. The molecule has 2 aliphatic rings. The first-order chi connectivity index (χ1) is 11.1. The fourth-order valence-electron chi connectivity index (χ4n) is 3.82. The van der Waals surface area contributed by atoms with Crippen LogP contribution in [0.1, 0.15) is 70.6 Å². The predicted molar refractivity (Wildman–Crippen MR) is 82.5 cm³/mol. The zero-order chi connectivity index (χ0) is 16.7. The molecule has 2 N–H and O–H groups in total. The molecule has 2 saturated carbocycles. The van der Waals surface area contributed by atoms with Crippen LogP contribution >= 0.6 is 0 Å².